The molecule has 196 valence electrons. The van der Waals surface area contributed by atoms with Crippen LogP contribution in [0.3, 0.4) is 0 Å². The average Bonchev–Trinajstić information content (AvgIpc) is 2.96. The Bertz CT molecular complexity index is 1220. The van der Waals surface area contributed by atoms with Gasteiger partial charge in [-0.2, -0.15) is 0 Å². The van der Waals surface area contributed by atoms with E-state index in [1.165, 1.54) is 11.1 Å². The summed E-state index contributed by atoms with van der Waals surface area (Å²) in [7, 11) is 0. The van der Waals surface area contributed by atoms with Crippen molar-refractivity contribution in [2.75, 3.05) is 26.2 Å². The van der Waals surface area contributed by atoms with E-state index in [0.29, 0.717) is 13.0 Å². The number of hydrogen-bond acceptors (Lipinski definition) is 4. The third-order valence-corrected chi connectivity index (χ3v) is 6.39. The molecule has 1 atom stereocenters. The summed E-state index contributed by atoms with van der Waals surface area (Å²) >= 11 is 0. The molecule has 1 amide bonds. The predicted octanol–water partition coefficient (Wildman–Crippen LogP) is 5.29. The molecule has 4 aromatic rings. The van der Waals surface area contributed by atoms with Crippen LogP contribution in [0.1, 0.15) is 16.7 Å². The maximum absolute atomic E-state index is 12.3. The van der Waals surface area contributed by atoms with Crippen LogP contribution in [0.25, 0.3) is 0 Å². The van der Waals surface area contributed by atoms with Gasteiger partial charge in [0.1, 0.15) is 11.5 Å². The number of nitrogens with zero attached hydrogens (tertiary/aromatic N) is 1. The highest BCUT2D eigenvalue weighted by Crippen LogP contribution is 2.21. The fraction of sp³-hybridized carbons (Fsp3) is 0.242. The molecule has 0 aromatic heterocycles. The molecule has 5 nitrogen and oxygen atoms in total. The van der Waals surface area contributed by atoms with Crippen molar-refractivity contribution in [2.24, 2.45) is 0 Å². The first-order chi connectivity index (χ1) is 18.6. The van der Waals surface area contributed by atoms with Crippen molar-refractivity contribution in [2.45, 2.75) is 25.4 Å². The molecule has 0 aliphatic rings. The fourth-order valence-electron chi connectivity index (χ4n) is 4.30. The van der Waals surface area contributed by atoms with Gasteiger partial charge < -0.3 is 20.1 Å². The number of aliphatic hydroxyl groups excluding tert-OH is 1. The molecule has 38 heavy (non-hydrogen) atoms. The van der Waals surface area contributed by atoms with Crippen molar-refractivity contribution in [3.8, 4) is 11.5 Å². The Morgan fingerprint density at radius 3 is 1.79 bits per heavy atom. The molecule has 0 bridgehead atoms. The summed E-state index contributed by atoms with van der Waals surface area (Å²) in [6.07, 6.45) is 1.42. The molecule has 2 N–H and O–H groups in total. The van der Waals surface area contributed by atoms with Gasteiger partial charge in [-0.05, 0) is 53.8 Å². The number of nitrogens with one attached hydrogen (secondary N) is 1. The summed E-state index contributed by atoms with van der Waals surface area (Å²) in [6, 6.07) is 37.9. The molecular weight excluding hydrogens is 472 g/mol. The van der Waals surface area contributed by atoms with E-state index in [1.54, 1.807) is 0 Å². The quantitative estimate of drug-likeness (QED) is 0.243. The molecule has 0 radical (unpaired) electrons. The SMILES string of the molecule is O=C(Cc1ccccc1)NCC(O)CN(CCc1ccccc1)CCc1ccc(Oc2ccccc2)cc1. The highest BCUT2D eigenvalue weighted by atomic mass is 16.5. The van der Waals surface area contributed by atoms with Gasteiger partial charge in [-0.1, -0.05) is 91.0 Å². The lowest BCUT2D eigenvalue weighted by Crippen LogP contribution is -2.42. The number of aliphatic hydroxyl groups is 1. The van der Waals surface area contributed by atoms with Crippen molar-refractivity contribution in [3.63, 3.8) is 0 Å². The highest BCUT2D eigenvalue weighted by molar-refractivity contribution is 5.78. The van der Waals surface area contributed by atoms with Crippen LogP contribution in [0.2, 0.25) is 0 Å². The standard InChI is InChI=1S/C33H36N2O3/c36-30(25-34-33(37)24-29-12-6-2-7-13-29)26-35(22-20-27-10-4-1-5-11-27)23-21-28-16-18-32(19-17-28)38-31-14-8-3-9-15-31/h1-19,30,36H,20-26H2,(H,34,37). The van der Waals surface area contributed by atoms with Gasteiger partial charge in [0, 0.05) is 26.2 Å². The zero-order valence-corrected chi connectivity index (χ0v) is 21.7. The van der Waals surface area contributed by atoms with E-state index in [0.717, 1.165) is 43.0 Å². The van der Waals surface area contributed by atoms with Gasteiger partial charge in [0.05, 0.1) is 12.5 Å². The zero-order valence-electron chi connectivity index (χ0n) is 21.7. The highest BCUT2D eigenvalue weighted by Gasteiger charge is 2.14. The van der Waals surface area contributed by atoms with Crippen LogP contribution in [0.15, 0.2) is 115 Å². The molecule has 0 heterocycles. The van der Waals surface area contributed by atoms with Gasteiger partial charge in [0.25, 0.3) is 0 Å². The first-order valence-corrected chi connectivity index (χ1v) is 13.2. The molecule has 4 aromatic carbocycles. The maximum atomic E-state index is 12.3. The van der Waals surface area contributed by atoms with Crippen molar-refractivity contribution in [1.29, 1.82) is 0 Å². The minimum Gasteiger partial charge on any atom is -0.457 e. The molecule has 0 fully saturated rings. The third-order valence-electron chi connectivity index (χ3n) is 6.39. The number of carbonyl (C=O) groups is 1. The number of hydrogen-bond donors (Lipinski definition) is 2. The van der Waals surface area contributed by atoms with Crippen LogP contribution in [-0.4, -0.2) is 48.2 Å². The lowest BCUT2D eigenvalue weighted by molar-refractivity contribution is -0.120. The van der Waals surface area contributed by atoms with Crippen molar-refractivity contribution in [1.82, 2.24) is 10.2 Å². The zero-order chi connectivity index (χ0) is 26.4. The molecular formula is C33H36N2O3. The maximum Gasteiger partial charge on any atom is 0.224 e. The van der Waals surface area contributed by atoms with E-state index in [-0.39, 0.29) is 12.5 Å². The Balaban J connectivity index is 1.28. The second-order valence-electron chi connectivity index (χ2n) is 9.47. The first-order valence-electron chi connectivity index (χ1n) is 13.2. The number of ether oxygens (including phenoxy) is 1. The van der Waals surface area contributed by atoms with Crippen LogP contribution in [0, 0.1) is 0 Å². The van der Waals surface area contributed by atoms with Crippen molar-refractivity contribution in [3.05, 3.63) is 132 Å². The lowest BCUT2D eigenvalue weighted by atomic mass is 10.1. The van der Waals surface area contributed by atoms with Gasteiger partial charge in [-0.15, -0.1) is 0 Å². The van der Waals surface area contributed by atoms with E-state index in [2.05, 4.69) is 46.6 Å². The van der Waals surface area contributed by atoms with Crippen LogP contribution in [0.5, 0.6) is 11.5 Å². The van der Waals surface area contributed by atoms with Gasteiger partial charge >= 0.3 is 0 Å². The molecule has 0 aliphatic carbocycles. The topological polar surface area (TPSA) is 61.8 Å². The van der Waals surface area contributed by atoms with Gasteiger partial charge in [0.2, 0.25) is 5.91 Å². The summed E-state index contributed by atoms with van der Waals surface area (Å²) in [5.41, 5.74) is 3.44. The second kappa shape index (κ2) is 14.7. The summed E-state index contributed by atoms with van der Waals surface area (Å²) in [6.45, 7) is 2.36. The monoisotopic (exact) mass is 508 g/mol. The van der Waals surface area contributed by atoms with Crippen molar-refractivity contribution < 1.29 is 14.6 Å². The lowest BCUT2D eigenvalue weighted by Gasteiger charge is -2.25. The largest absolute Gasteiger partial charge is 0.457 e. The number of para-hydroxylation sites is 1. The molecule has 0 aliphatic heterocycles. The first kappa shape index (κ1) is 27.1. The molecule has 5 heteroatoms. The molecule has 0 saturated heterocycles. The Morgan fingerprint density at radius 2 is 1.18 bits per heavy atom. The number of carbonyl (C=O) groups excluding carboxylic acids is 1. The van der Waals surface area contributed by atoms with Gasteiger partial charge in [-0.25, -0.2) is 0 Å². The van der Waals surface area contributed by atoms with Crippen LogP contribution in [0.4, 0.5) is 0 Å². The summed E-state index contributed by atoms with van der Waals surface area (Å²) in [4.78, 5) is 14.6. The third kappa shape index (κ3) is 9.51. The Kier molecular flexibility index (Phi) is 10.5. The van der Waals surface area contributed by atoms with E-state index in [4.69, 9.17) is 4.74 Å². The fourth-order valence-corrected chi connectivity index (χ4v) is 4.30. The van der Waals surface area contributed by atoms with Gasteiger partial charge in [-0.3, -0.25) is 4.79 Å². The summed E-state index contributed by atoms with van der Waals surface area (Å²) < 4.78 is 5.90. The smallest absolute Gasteiger partial charge is 0.224 e. The van der Waals surface area contributed by atoms with E-state index in [9.17, 15) is 9.90 Å². The summed E-state index contributed by atoms with van der Waals surface area (Å²) in [5, 5.41) is 13.6. The average molecular weight is 509 g/mol. The van der Waals surface area contributed by atoms with E-state index in [1.807, 2.05) is 78.9 Å². The molecule has 0 saturated carbocycles. The van der Waals surface area contributed by atoms with Gasteiger partial charge in [0.15, 0.2) is 0 Å². The summed E-state index contributed by atoms with van der Waals surface area (Å²) in [5.74, 6) is 1.55. The number of amides is 1. The minimum absolute atomic E-state index is 0.0797. The van der Waals surface area contributed by atoms with E-state index >= 15 is 0 Å². The second-order valence-corrected chi connectivity index (χ2v) is 9.47. The van der Waals surface area contributed by atoms with E-state index < -0.39 is 6.10 Å². The van der Waals surface area contributed by atoms with Crippen LogP contribution >= 0.6 is 0 Å². The molecule has 1 unspecified atom stereocenters. The number of benzene rings is 4. The minimum atomic E-state index is -0.646. The Labute approximate surface area is 225 Å². The van der Waals surface area contributed by atoms with Crippen LogP contribution < -0.4 is 10.1 Å². The normalized spacial score (nSPS) is 11.7. The van der Waals surface area contributed by atoms with Crippen LogP contribution in [-0.2, 0) is 24.1 Å². The Morgan fingerprint density at radius 1 is 0.684 bits per heavy atom. The number of rotatable bonds is 14. The molecule has 4 rings (SSSR count). The van der Waals surface area contributed by atoms with Crippen molar-refractivity contribution >= 4 is 5.91 Å². The predicted molar refractivity (Wildman–Crippen MR) is 152 cm³/mol. The molecule has 0 spiro atoms. The Hall–Kier alpha value is -3.93.